The molecule has 0 bridgehead atoms. The number of hydrogen-bond donors (Lipinski definition) is 2. The Morgan fingerprint density at radius 2 is 1.96 bits per heavy atom. The molecule has 0 spiro atoms. The predicted octanol–water partition coefficient (Wildman–Crippen LogP) is 4.57. The molecule has 0 aliphatic heterocycles. The van der Waals surface area contributed by atoms with Crippen LogP contribution in [0.4, 0.5) is 11.5 Å². The first kappa shape index (κ1) is 18.1. The zero-order valence-corrected chi connectivity index (χ0v) is 16.4. The van der Waals surface area contributed by atoms with Gasteiger partial charge in [0.05, 0.1) is 5.39 Å². The predicted molar refractivity (Wildman–Crippen MR) is 113 cm³/mol. The molecule has 0 aliphatic rings. The molecule has 0 atom stereocenters. The van der Waals surface area contributed by atoms with Crippen LogP contribution in [0, 0.1) is 13.8 Å². The van der Waals surface area contributed by atoms with Crippen LogP contribution in [0.3, 0.4) is 0 Å². The van der Waals surface area contributed by atoms with Crippen molar-refractivity contribution in [1.82, 2.24) is 15.0 Å². The highest BCUT2D eigenvalue weighted by Crippen LogP contribution is 2.32. The summed E-state index contributed by atoms with van der Waals surface area (Å²) in [5.41, 5.74) is 3.36. The molecule has 3 aromatic heterocycles. The highest BCUT2D eigenvalue weighted by Gasteiger charge is 2.12. The van der Waals surface area contributed by atoms with Crippen LogP contribution in [0.15, 0.2) is 55.0 Å². The number of aryl methyl sites for hydroxylation is 2. The van der Waals surface area contributed by atoms with Crippen LogP contribution in [0.5, 0.6) is 0 Å². The summed E-state index contributed by atoms with van der Waals surface area (Å²) < 4.78 is 0. The van der Waals surface area contributed by atoms with E-state index in [1.54, 1.807) is 42.1 Å². The number of carbonyl (C=O) groups is 1. The lowest BCUT2D eigenvalue weighted by molar-refractivity contribution is 0.102. The second-order valence-electron chi connectivity index (χ2n) is 6.41. The third kappa shape index (κ3) is 3.70. The minimum atomic E-state index is -0.229. The maximum Gasteiger partial charge on any atom is 0.274 e. The SMILES string of the molecule is Cc1sc2ncnc(NCc3cccc(NC(=O)c4ccccn4)c3)c2c1C. The van der Waals surface area contributed by atoms with E-state index in [1.807, 2.05) is 24.3 Å². The number of rotatable bonds is 5. The topological polar surface area (TPSA) is 79.8 Å². The molecule has 0 radical (unpaired) electrons. The molecule has 3 heterocycles. The molecule has 28 heavy (non-hydrogen) atoms. The first-order chi connectivity index (χ1) is 13.6. The Bertz CT molecular complexity index is 1140. The lowest BCUT2D eigenvalue weighted by atomic mass is 10.2. The van der Waals surface area contributed by atoms with Gasteiger partial charge in [-0.15, -0.1) is 11.3 Å². The van der Waals surface area contributed by atoms with E-state index in [4.69, 9.17) is 0 Å². The summed E-state index contributed by atoms with van der Waals surface area (Å²) in [4.78, 5) is 27.4. The van der Waals surface area contributed by atoms with Crippen molar-refractivity contribution in [1.29, 1.82) is 0 Å². The zero-order valence-electron chi connectivity index (χ0n) is 15.6. The first-order valence-electron chi connectivity index (χ1n) is 8.87. The largest absolute Gasteiger partial charge is 0.365 e. The summed E-state index contributed by atoms with van der Waals surface area (Å²) in [6.45, 7) is 4.78. The van der Waals surface area contributed by atoms with Crippen molar-refractivity contribution < 1.29 is 4.79 Å². The van der Waals surface area contributed by atoms with Crippen LogP contribution < -0.4 is 10.6 Å². The average Bonchev–Trinajstić information content (AvgIpc) is 3.02. The van der Waals surface area contributed by atoms with E-state index >= 15 is 0 Å². The van der Waals surface area contributed by atoms with Gasteiger partial charge in [-0.25, -0.2) is 9.97 Å². The van der Waals surface area contributed by atoms with Gasteiger partial charge in [-0.1, -0.05) is 18.2 Å². The number of anilines is 2. The number of pyridine rings is 1. The number of nitrogens with zero attached hydrogens (tertiary/aromatic N) is 3. The van der Waals surface area contributed by atoms with Gasteiger partial charge in [-0.3, -0.25) is 9.78 Å². The third-order valence-corrected chi connectivity index (χ3v) is 5.62. The molecular formula is C21H19N5OS. The monoisotopic (exact) mass is 389 g/mol. The van der Waals surface area contributed by atoms with Crippen molar-refractivity contribution >= 4 is 39.0 Å². The van der Waals surface area contributed by atoms with Crippen LogP contribution in [0.1, 0.15) is 26.5 Å². The Balaban J connectivity index is 1.49. The van der Waals surface area contributed by atoms with Crippen LogP contribution in [0.25, 0.3) is 10.2 Å². The van der Waals surface area contributed by atoms with Gasteiger partial charge in [0.25, 0.3) is 5.91 Å². The van der Waals surface area contributed by atoms with Crippen LogP contribution in [0.2, 0.25) is 0 Å². The number of nitrogens with one attached hydrogen (secondary N) is 2. The van der Waals surface area contributed by atoms with Gasteiger partial charge in [0.2, 0.25) is 0 Å². The smallest absolute Gasteiger partial charge is 0.274 e. The number of hydrogen-bond acceptors (Lipinski definition) is 6. The summed E-state index contributed by atoms with van der Waals surface area (Å²) in [7, 11) is 0. The Hall–Kier alpha value is -3.32. The Labute approximate surface area is 166 Å². The zero-order chi connectivity index (χ0) is 19.5. The van der Waals surface area contributed by atoms with Crippen LogP contribution >= 0.6 is 11.3 Å². The van der Waals surface area contributed by atoms with Gasteiger partial charge in [0, 0.05) is 23.3 Å². The normalized spacial score (nSPS) is 10.8. The summed E-state index contributed by atoms with van der Waals surface area (Å²) in [6, 6.07) is 13.0. The molecule has 0 unspecified atom stereocenters. The summed E-state index contributed by atoms with van der Waals surface area (Å²) >= 11 is 1.68. The number of thiophene rings is 1. The molecule has 1 amide bonds. The molecule has 2 N–H and O–H groups in total. The lowest BCUT2D eigenvalue weighted by Gasteiger charge is -2.10. The number of benzene rings is 1. The first-order valence-corrected chi connectivity index (χ1v) is 9.69. The van der Waals surface area contributed by atoms with E-state index in [0.717, 1.165) is 27.3 Å². The van der Waals surface area contributed by atoms with Crippen LogP contribution in [-0.4, -0.2) is 20.9 Å². The quantitative estimate of drug-likeness (QED) is 0.523. The highest BCUT2D eigenvalue weighted by molar-refractivity contribution is 7.18. The van der Waals surface area contributed by atoms with Gasteiger partial charge in [-0.05, 0) is 49.2 Å². The van der Waals surface area contributed by atoms with Gasteiger partial charge < -0.3 is 10.6 Å². The molecule has 4 aromatic rings. The minimum Gasteiger partial charge on any atom is -0.365 e. The Morgan fingerprint density at radius 1 is 1.07 bits per heavy atom. The van der Waals surface area contributed by atoms with Crippen molar-refractivity contribution in [3.8, 4) is 0 Å². The minimum absolute atomic E-state index is 0.229. The standard InChI is InChI=1S/C21H19N5OS/c1-13-14(2)28-21-18(13)19(24-12-25-21)23-11-15-6-5-7-16(10-15)26-20(27)17-8-3-4-9-22-17/h3-10,12H,11H2,1-2H3,(H,26,27)(H,23,24,25). The Kier molecular flexibility index (Phi) is 4.99. The van der Waals surface area contributed by atoms with Gasteiger partial charge in [-0.2, -0.15) is 0 Å². The van der Waals surface area contributed by atoms with E-state index < -0.39 is 0 Å². The van der Waals surface area contributed by atoms with E-state index in [-0.39, 0.29) is 5.91 Å². The van der Waals surface area contributed by atoms with Crippen LogP contribution in [-0.2, 0) is 6.54 Å². The summed E-state index contributed by atoms with van der Waals surface area (Å²) in [5, 5.41) is 7.36. The van der Waals surface area contributed by atoms with Crippen molar-refractivity contribution in [3.63, 3.8) is 0 Å². The number of aromatic nitrogens is 3. The van der Waals surface area contributed by atoms with Crippen molar-refractivity contribution in [2.24, 2.45) is 0 Å². The average molecular weight is 389 g/mol. The second-order valence-corrected chi connectivity index (χ2v) is 7.61. The Morgan fingerprint density at radius 3 is 2.79 bits per heavy atom. The molecule has 140 valence electrons. The fourth-order valence-corrected chi connectivity index (χ4v) is 3.95. The van der Waals surface area contributed by atoms with Gasteiger partial charge in [0.1, 0.15) is 22.7 Å². The molecule has 0 fully saturated rings. The van der Waals surface area contributed by atoms with Gasteiger partial charge in [0.15, 0.2) is 0 Å². The fraction of sp³-hybridized carbons (Fsp3) is 0.143. The van der Waals surface area contributed by atoms with E-state index in [1.165, 1.54) is 10.4 Å². The molecule has 0 aliphatic carbocycles. The van der Waals surface area contributed by atoms with E-state index in [9.17, 15) is 4.79 Å². The molecule has 6 nitrogen and oxygen atoms in total. The van der Waals surface area contributed by atoms with Gasteiger partial charge >= 0.3 is 0 Å². The lowest BCUT2D eigenvalue weighted by Crippen LogP contribution is -2.13. The number of carbonyl (C=O) groups excluding carboxylic acids is 1. The molecule has 0 saturated heterocycles. The van der Waals surface area contributed by atoms with Crippen molar-refractivity contribution in [3.05, 3.63) is 76.7 Å². The molecule has 1 aromatic carbocycles. The summed E-state index contributed by atoms with van der Waals surface area (Å²) in [5.74, 6) is 0.599. The number of amides is 1. The molecule has 0 saturated carbocycles. The van der Waals surface area contributed by atoms with Crippen molar-refractivity contribution in [2.45, 2.75) is 20.4 Å². The third-order valence-electron chi connectivity index (χ3n) is 4.51. The maximum atomic E-state index is 12.3. The fourth-order valence-electron chi connectivity index (χ4n) is 2.95. The maximum absolute atomic E-state index is 12.3. The van der Waals surface area contributed by atoms with E-state index in [0.29, 0.717) is 12.2 Å². The summed E-state index contributed by atoms with van der Waals surface area (Å²) in [6.07, 6.45) is 3.19. The molecule has 4 rings (SSSR count). The molecule has 7 heteroatoms. The molecular weight excluding hydrogens is 370 g/mol. The highest BCUT2D eigenvalue weighted by atomic mass is 32.1. The van der Waals surface area contributed by atoms with Crippen molar-refractivity contribution in [2.75, 3.05) is 10.6 Å². The number of fused-ring (bicyclic) bond motifs is 1. The second kappa shape index (κ2) is 7.74. The van der Waals surface area contributed by atoms with E-state index in [2.05, 4.69) is 39.4 Å².